The van der Waals surface area contributed by atoms with Gasteiger partial charge in [0.25, 0.3) is 11.8 Å². The molecule has 136 valence electrons. The number of ether oxygens (including phenoxy) is 1. The molecule has 3 aromatic heterocycles. The van der Waals surface area contributed by atoms with Crippen molar-refractivity contribution in [2.45, 2.75) is 19.6 Å². The van der Waals surface area contributed by atoms with Crippen LogP contribution in [0.1, 0.15) is 35.0 Å². The Morgan fingerprint density at radius 1 is 1.19 bits per heavy atom. The number of esters is 1. The first kappa shape index (κ1) is 17.1. The second-order valence-corrected chi connectivity index (χ2v) is 6.70. The lowest BCUT2D eigenvalue weighted by Gasteiger charge is -2.07. The second kappa shape index (κ2) is 7.50. The topological polar surface area (TPSA) is 95.9 Å². The predicted octanol–water partition coefficient (Wildman–Crippen LogP) is 3.36. The van der Waals surface area contributed by atoms with E-state index in [1.165, 1.54) is 11.3 Å². The summed E-state index contributed by atoms with van der Waals surface area (Å²) in [6.45, 7) is 2.18. The van der Waals surface area contributed by atoms with E-state index in [2.05, 4.69) is 20.5 Å². The van der Waals surface area contributed by atoms with Crippen molar-refractivity contribution < 1.29 is 13.9 Å². The van der Waals surface area contributed by atoms with E-state index in [-0.39, 0.29) is 11.6 Å². The third-order valence-electron chi connectivity index (χ3n) is 3.74. The fraction of sp³-hybridized carbons (Fsp3) is 0.167. The average molecular weight is 381 g/mol. The molecule has 0 saturated carbocycles. The highest BCUT2D eigenvalue weighted by Crippen LogP contribution is 2.26. The Labute approximate surface area is 158 Å². The van der Waals surface area contributed by atoms with Crippen LogP contribution in [-0.4, -0.2) is 31.2 Å². The molecular formula is C18H15N5O3S. The maximum Gasteiger partial charge on any atom is 0.361 e. The maximum atomic E-state index is 12.3. The lowest BCUT2D eigenvalue weighted by molar-refractivity contribution is 0.0273. The van der Waals surface area contributed by atoms with Crippen LogP contribution in [0.25, 0.3) is 10.8 Å². The van der Waals surface area contributed by atoms with Gasteiger partial charge in [0.2, 0.25) is 0 Å². The minimum atomic E-state index is -0.696. The van der Waals surface area contributed by atoms with Gasteiger partial charge in [-0.15, -0.1) is 26.6 Å². The van der Waals surface area contributed by atoms with Crippen LogP contribution in [0.15, 0.2) is 58.5 Å². The molecule has 4 rings (SSSR count). The first-order chi connectivity index (χ1) is 13.2. The van der Waals surface area contributed by atoms with E-state index in [0.717, 1.165) is 10.4 Å². The number of aromatic nitrogens is 5. The van der Waals surface area contributed by atoms with Crippen LogP contribution in [0.4, 0.5) is 0 Å². The van der Waals surface area contributed by atoms with E-state index in [1.807, 2.05) is 47.8 Å². The van der Waals surface area contributed by atoms with Gasteiger partial charge in [0, 0.05) is 0 Å². The van der Waals surface area contributed by atoms with E-state index in [0.29, 0.717) is 12.4 Å². The van der Waals surface area contributed by atoms with Gasteiger partial charge in [-0.25, -0.2) is 9.48 Å². The Morgan fingerprint density at radius 3 is 2.81 bits per heavy atom. The summed E-state index contributed by atoms with van der Waals surface area (Å²) < 4.78 is 12.5. The largest absolute Gasteiger partial charge is 0.448 e. The summed E-state index contributed by atoms with van der Waals surface area (Å²) in [4.78, 5) is 13.2. The molecule has 8 nitrogen and oxygen atoms in total. The molecule has 27 heavy (non-hydrogen) atoms. The third-order valence-corrected chi connectivity index (χ3v) is 4.60. The van der Waals surface area contributed by atoms with Gasteiger partial charge in [0.1, 0.15) is 0 Å². The third kappa shape index (κ3) is 3.93. The number of hydrogen-bond donors (Lipinski definition) is 0. The van der Waals surface area contributed by atoms with Crippen molar-refractivity contribution in [1.82, 2.24) is 25.2 Å². The first-order valence-corrected chi connectivity index (χ1v) is 9.09. The quantitative estimate of drug-likeness (QED) is 0.473. The van der Waals surface area contributed by atoms with Gasteiger partial charge in [-0.2, -0.15) is 0 Å². The number of thiophene rings is 1. The summed E-state index contributed by atoms with van der Waals surface area (Å²) in [6, 6.07) is 13.5. The van der Waals surface area contributed by atoms with Gasteiger partial charge in [0.15, 0.2) is 11.8 Å². The lowest BCUT2D eigenvalue weighted by Crippen LogP contribution is -2.10. The highest BCUT2D eigenvalue weighted by molar-refractivity contribution is 7.13. The number of hydrogen-bond acceptors (Lipinski definition) is 8. The van der Waals surface area contributed by atoms with Crippen LogP contribution < -0.4 is 0 Å². The molecule has 0 N–H and O–H groups in total. The lowest BCUT2D eigenvalue weighted by atomic mass is 10.2. The van der Waals surface area contributed by atoms with E-state index >= 15 is 0 Å². The van der Waals surface area contributed by atoms with E-state index < -0.39 is 12.1 Å². The molecule has 1 atom stereocenters. The van der Waals surface area contributed by atoms with Crippen molar-refractivity contribution in [3.63, 3.8) is 0 Å². The number of rotatable bonds is 6. The fourth-order valence-electron chi connectivity index (χ4n) is 2.41. The van der Waals surface area contributed by atoms with E-state index in [4.69, 9.17) is 9.15 Å². The van der Waals surface area contributed by atoms with Crippen molar-refractivity contribution >= 4 is 17.3 Å². The van der Waals surface area contributed by atoms with Gasteiger partial charge >= 0.3 is 5.97 Å². The van der Waals surface area contributed by atoms with Crippen LogP contribution in [-0.2, 0) is 11.3 Å². The molecule has 9 heteroatoms. The predicted molar refractivity (Wildman–Crippen MR) is 97.0 cm³/mol. The van der Waals surface area contributed by atoms with Gasteiger partial charge in [-0.1, -0.05) is 41.6 Å². The SMILES string of the molecule is CC(OC(=O)c1cn(Cc2ccccc2)nn1)c1nnc(-c2cccs2)o1. The van der Waals surface area contributed by atoms with Crippen LogP contribution in [0.2, 0.25) is 0 Å². The summed E-state index contributed by atoms with van der Waals surface area (Å²) >= 11 is 1.49. The smallest absolute Gasteiger partial charge is 0.361 e. The molecule has 0 amide bonds. The Kier molecular flexibility index (Phi) is 4.75. The molecular weight excluding hydrogens is 366 g/mol. The standard InChI is InChI=1S/C18H15N5O3S/c1-12(16-20-21-17(26-16)15-8-5-9-27-15)25-18(24)14-11-23(22-19-14)10-13-6-3-2-4-7-13/h2-9,11-12H,10H2,1H3. The van der Waals surface area contributed by atoms with Crippen molar-refractivity contribution in [2.75, 3.05) is 0 Å². The van der Waals surface area contributed by atoms with Gasteiger partial charge in [0.05, 0.1) is 17.6 Å². The minimum Gasteiger partial charge on any atom is -0.448 e. The summed E-state index contributed by atoms with van der Waals surface area (Å²) in [7, 11) is 0. The van der Waals surface area contributed by atoms with Crippen LogP contribution >= 0.6 is 11.3 Å². The van der Waals surface area contributed by atoms with Crippen LogP contribution in [0, 0.1) is 0 Å². The number of benzene rings is 1. The Bertz CT molecular complexity index is 1030. The molecule has 0 bridgehead atoms. The zero-order valence-electron chi connectivity index (χ0n) is 14.3. The zero-order chi connectivity index (χ0) is 18.6. The Morgan fingerprint density at radius 2 is 2.04 bits per heavy atom. The summed E-state index contributed by atoms with van der Waals surface area (Å²) in [5.74, 6) is 0.0258. The molecule has 0 radical (unpaired) electrons. The highest BCUT2D eigenvalue weighted by atomic mass is 32.1. The Balaban J connectivity index is 1.40. The number of carbonyl (C=O) groups is 1. The highest BCUT2D eigenvalue weighted by Gasteiger charge is 2.22. The zero-order valence-corrected chi connectivity index (χ0v) is 15.2. The maximum absolute atomic E-state index is 12.3. The molecule has 0 aliphatic rings. The minimum absolute atomic E-state index is 0.121. The molecule has 0 spiro atoms. The summed E-state index contributed by atoms with van der Waals surface area (Å²) in [6.07, 6.45) is 0.852. The molecule has 0 fully saturated rings. The van der Waals surface area contributed by atoms with Crippen molar-refractivity contribution in [1.29, 1.82) is 0 Å². The summed E-state index contributed by atoms with van der Waals surface area (Å²) in [5, 5.41) is 17.7. The molecule has 1 aromatic carbocycles. The van der Waals surface area contributed by atoms with Gasteiger partial charge in [-0.05, 0) is 23.9 Å². The number of nitrogens with zero attached hydrogens (tertiary/aromatic N) is 5. The molecule has 0 aliphatic heterocycles. The monoisotopic (exact) mass is 381 g/mol. The molecule has 4 aromatic rings. The normalized spacial score (nSPS) is 12.0. The first-order valence-electron chi connectivity index (χ1n) is 8.21. The van der Waals surface area contributed by atoms with Crippen molar-refractivity contribution in [2.24, 2.45) is 0 Å². The van der Waals surface area contributed by atoms with Gasteiger partial charge in [-0.3, -0.25) is 0 Å². The Hall–Kier alpha value is -3.33. The van der Waals surface area contributed by atoms with Crippen LogP contribution in [0.3, 0.4) is 0 Å². The number of carbonyl (C=O) groups excluding carboxylic acids is 1. The molecule has 1 unspecified atom stereocenters. The van der Waals surface area contributed by atoms with Crippen molar-refractivity contribution in [3.05, 3.63) is 71.2 Å². The van der Waals surface area contributed by atoms with E-state index in [9.17, 15) is 4.79 Å². The van der Waals surface area contributed by atoms with Gasteiger partial charge < -0.3 is 9.15 Å². The second-order valence-electron chi connectivity index (χ2n) is 5.76. The molecule has 0 saturated heterocycles. The van der Waals surface area contributed by atoms with Crippen LogP contribution in [0.5, 0.6) is 0 Å². The average Bonchev–Trinajstić information content (AvgIpc) is 3.43. The van der Waals surface area contributed by atoms with Crippen molar-refractivity contribution in [3.8, 4) is 10.8 Å². The van der Waals surface area contributed by atoms with E-state index in [1.54, 1.807) is 17.8 Å². The molecule has 0 aliphatic carbocycles. The summed E-state index contributed by atoms with van der Waals surface area (Å²) in [5.41, 5.74) is 1.18. The molecule has 3 heterocycles. The fourth-order valence-corrected chi connectivity index (χ4v) is 3.05.